The number of aliphatic hydroxyl groups excluding tert-OH is 2. The molecule has 0 amide bonds. The average molecular weight is 338 g/mol. The molecule has 24 heavy (non-hydrogen) atoms. The molecule has 0 bridgehead atoms. The topological polar surface area (TPSA) is 96.9 Å². The summed E-state index contributed by atoms with van der Waals surface area (Å²) >= 11 is 0. The van der Waals surface area contributed by atoms with Crippen molar-refractivity contribution in [2.75, 3.05) is 6.61 Å². The van der Waals surface area contributed by atoms with Gasteiger partial charge in [0.25, 0.3) is 6.23 Å². The number of unbranched alkanes of at least 4 members (excludes halogenated alkanes) is 1. The second kappa shape index (κ2) is 8.32. The van der Waals surface area contributed by atoms with Crippen LogP contribution >= 0.6 is 0 Å². The lowest BCUT2D eigenvalue weighted by atomic mass is 10.1. The van der Waals surface area contributed by atoms with Crippen LogP contribution < -0.4 is 4.57 Å². The van der Waals surface area contributed by atoms with Crippen molar-refractivity contribution in [3.05, 3.63) is 30.1 Å². The highest BCUT2D eigenvalue weighted by molar-refractivity contribution is 5.93. The third kappa shape index (κ3) is 4.37. The molecular formula is C17H24NO6+. The second-order valence-electron chi connectivity index (χ2n) is 5.93. The molecule has 1 aliphatic rings. The summed E-state index contributed by atoms with van der Waals surface area (Å²) in [5.74, 6) is -0.462. The molecule has 4 atom stereocenters. The minimum atomic E-state index is -1.18. The Morgan fingerprint density at radius 1 is 1.33 bits per heavy atom. The van der Waals surface area contributed by atoms with Crippen LogP contribution in [0.15, 0.2) is 24.5 Å². The second-order valence-corrected chi connectivity index (χ2v) is 5.93. The monoisotopic (exact) mass is 338 g/mol. The summed E-state index contributed by atoms with van der Waals surface area (Å²) in [6, 6.07) is 3.32. The van der Waals surface area contributed by atoms with Gasteiger partial charge in [-0.2, -0.15) is 4.57 Å². The van der Waals surface area contributed by atoms with Crippen molar-refractivity contribution in [3.63, 3.8) is 0 Å². The van der Waals surface area contributed by atoms with Gasteiger partial charge in [0, 0.05) is 12.5 Å². The molecule has 2 N–H and O–H groups in total. The molecular weight excluding hydrogens is 314 g/mol. The van der Waals surface area contributed by atoms with E-state index in [9.17, 15) is 19.8 Å². The third-order valence-corrected chi connectivity index (χ3v) is 4.00. The Morgan fingerprint density at radius 3 is 2.75 bits per heavy atom. The summed E-state index contributed by atoms with van der Waals surface area (Å²) in [4.78, 5) is 23.0. The van der Waals surface area contributed by atoms with Crippen LogP contribution in [0.5, 0.6) is 0 Å². The summed E-state index contributed by atoms with van der Waals surface area (Å²) in [6.07, 6.45) is 1.12. The van der Waals surface area contributed by atoms with Gasteiger partial charge in [-0.15, -0.1) is 0 Å². The molecule has 0 aromatic carbocycles. The molecule has 1 aliphatic heterocycles. The molecule has 7 heteroatoms. The number of hydrogen-bond acceptors (Lipinski definition) is 6. The van der Waals surface area contributed by atoms with Gasteiger partial charge < -0.3 is 19.7 Å². The molecule has 7 nitrogen and oxygen atoms in total. The lowest BCUT2D eigenvalue weighted by Crippen LogP contribution is -2.46. The smallest absolute Gasteiger partial charge is 0.305 e. The van der Waals surface area contributed by atoms with Crippen LogP contribution in [-0.2, 0) is 14.3 Å². The van der Waals surface area contributed by atoms with E-state index in [1.165, 1.54) is 11.5 Å². The minimum Gasteiger partial charge on any atom is -0.463 e. The molecule has 2 heterocycles. The number of rotatable bonds is 7. The van der Waals surface area contributed by atoms with Crippen LogP contribution in [0, 0.1) is 0 Å². The first-order valence-electron chi connectivity index (χ1n) is 8.13. The van der Waals surface area contributed by atoms with Crippen molar-refractivity contribution in [3.8, 4) is 0 Å². The highest BCUT2D eigenvalue weighted by Gasteiger charge is 2.48. The summed E-state index contributed by atoms with van der Waals surface area (Å²) in [5.41, 5.74) is 0.470. The number of carbonyl (C=O) groups excluding carboxylic acids is 2. The van der Waals surface area contributed by atoms with E-state index < -0.39 is 24.5 Å². The van der Waals surface area contributed by atoms with E-state index in [2.05, 4.69) is 0 Å². The summed E-state index contributed by atoms with van der Waals surface area (Å²) in [5, 5.41) is 20.3. The van der Waals surface area contributed by atoms with Gasteiger partial charge in [-0.1, -0.05) is 13.3 Å². The van der Waals surface area contributed by atoms with Crippen molar-refractivity contribution in [2.45, 2.75) is 57.6 Å². The number of aromatic nitrogens is 1. The van der Waals surface area contributed by atoms with E-state index in [0.717, 1.165) is 12.8 Å². The van der Waals surface area contributed by atoms with Gasteiger partial charge in [-0.25, -0.2) is 0 Å². The zero-order valence-corrected chi connectivity index (χ0v) is 13.9. The van der Waals surface area contributed by atoms with E-state index in [1.807, 2.05) is 6.92 Å². The number of pyridine rings is 1. The van der Waals surface area contributed by atoms with Gasteiger partial charge in [0.2, 0.25) is 0 Å². The number of ether oxygens (including phenoxy) is 2. The van der Waals surface area contributed by atoms with Crippen molar-refractivity contribution in [1.82, 2.24) is 0 Å². The minimum absolute atomic E-state index is 0.112. The number of aliphatic hydroxyl groups is 2. The predicted octanol–water partition coefficient (Wildman–Crippen LogP) is 0.529. The highest BCUT2D eigenvalue weighted by Crippen LogP contribution is 2.25. The SMILES string of the molecule is CCCCC(=O)OCC1OC([n+]2cccc(C(C)=O)c2)[C@H](O)C1O. The molecule has 0 spiro atoms. The fourth-order valence-electron chi connectivity index (χ4n) is 2.54. The van der Waals surface area contributed by atoms with E-state index in [-0.39, 0.29) is 18.4 Å². The van der Waals surface area contributed by atoms with Gasteiger partial charge in [0.15, 0.2) is 24.3 Å². The van der Waals surface area contributed by atoms with Gasteiger partial charge >= 0.3 is 5.97 Å². The summed E-state index contributed by atoms with van der Waals surface area (Å²) in [7, 11) is 0. The Morgan fingerprint density at radius 2 is 2.08 bits per heavy atom. The van der Waals surface area contributed by atoms with Crippen LogP contribution in [0.4, 0.5) is 0 Å². The highest BCUT2D eigenvalue weighted by atomic mass is 16.6. The van der Waals surface area contributed by atoms with Crippen molar-refractivity contribution < 1.29 is 33.8 Å². The van der Waals surface area contributed by atoms with E-state index in [0.29, 0.717) is 12.0 Å². The maximum absolute atomic E-state index is 11.6. The number of Topliss-reactive ketones (excluding diaryl/α,β-unsaturated/α-hetero) is 1. The Hall–Kier alpha value is -1.83. The van der Waals surface area contributed by atoms with Gasteiger partial charge in [-0.3, -0.25) is 9.59 Å². The van der Waals surface area contributed by atoms with E-state index in [4.69, 9.17) is 9.47 Å². The predicted molar refractivity (Wildman–Crippen MR) is 83.0 cm³/mol. The number of ketones is 1. The quantitative estimate of drug-likeness (QED) is 0.428. The lowest BCUT2D eigenvalue weighted by Gasteiger charge is -2.13. The van der Waals surface area contributed by atoms with Gasteiger partial charge in [-0.05, 0) is 19.4 Å². The molecule has 0 radical (unpaired) electrons. The largest absolute Gasteiger partial charge is 0.463 e. The first kappa shape index (κ1) is 18.5. The van der Waals surface area contributed by atoms with Crippen LogP contribution in [0.2, 0.25) is 0 Å². The fraction of sp³-hybridized carbons (Fsp3) is 0.588. The van der Waals surface area contributed by atoms with Crippen LogP contribution in [0.1, 0.15) is 49.7 Å². The maximum Gasteiger partial charge on any atom is 0.305 e. The normalized spacial score (nSPS) is 26.3. The van der Waals surface area contributed by atoms with Crippen LogP contribution in [-0.4, -0.2) is 46.9 Å². The van der Waals surface area contributed by atoms with E-state index in [1.54, 1.807) is 24.5 Å². The Labute approximate surface area is 140 Å². The molecule has 3 unspecified atom stereocenters. The van der Waals surface area contributed by atoms with E-state index >= 15 is 0 Å². The summed E-state index contributed by atoms with van der Waals surface area (Å²) < 4.78 is 12.3. The lowest BCUT2D eigenvalue weighted by molar-refractivity contribution is -0.765. The standard InChI is InChI=1S/C17H24NO6/c1-3-4-7-14(20)23-10-13-15(21)16(22)17(24-13)18-8-5-6-12(9-18)11(2)19/h5-6,8-9,13,15-17,21-22H,3-4,7,10H2,1-2H3/q+1/t13?,15?,16-,17?/m1/s1. The molecule has 1 aromatic heterocycles. The third-order valence-electron chi connectivity index (χ3n) is 4.00. The number of hydrogen-bond donors (Lipinski definition) is 2. The van der Waals surface area contributed by atoms with Crippen LogP contribution in [0.3, 0.4) is 0 Å². The van der Waals surface area contributed by atoms with Crippen molar-refractivity contribution in [2.24, 2.45) is 0 Å². The molecule has 1 saturated heterocycles. The maximum atomic E-state index is 11.6. The Balaban J connectivity index is 2.00. The fourth-order valence-corrected chi connectivity index (χ4v) is 2.54. The Kier molecular flexibility index (Phi) is 6.42. The molecule has 0 saturated carbocycles. The number of esters is 1. The first-order chi connectivity index (χ1) is 11.4. The van der Waals surface area contributed by atoms with Gasteiger partial charge in [0.05, 0.1) is 5.56 Å². The zero-order chi connectivity index (χ0) is 17.7. The average Bonchev–Trinajstić information content (AvgIpc) is 2.86. The zero-order valence-electron chi connectivity index (χ0n) is 13.9. The first-order valence-corrected chi connectivity index (χ1v) is 8.13. The molecule has 2 rings (SSSR count). The number of nitrogens with zero attached hydrogens (tertiary/aromatic N) is 1. The van der Waals surface area contributed by atoms with Crippen LogP contribution in [0.25, 0.3) is 0 Å². The molecule has 1 aromatic rings. The van der Waals surface area contributed by atoms with Gasteiger partial charge in [0.1, 0.15) is 18.8 Å². The number of carbonyl (C=O) groups is 2. The Bertz CT molecular complexity index is 590. The van der Waals surface area contributed by atoms with Crippen molar-refractivity contribution in [1.29, 1.82) is 0 Å². The molecule has 132 valence electrons. The van der Waals surface area contributed by atoms with Crippen molar-refractivity contribution >= 4 is 11.8 Å². The molecule has 1 fully saturated rings. The summed E-state index contributed by atoms with van der Waals surface area (Å²) in [6.45, 7) is 3.30. The molecule has 0 aliphatic carbocycles.